The smallest absolute Gasteiger partial charge is 0.261 e. The van der Waals surface area contributed by atoms with Crippen molar-refractivity contribution in [1.82, 2.24) is 10.6 Å². The van der Waals surface area contributed by atoms with Crippen LogP contribution in [0.1, 0.15) is 13.3 Å². The van der Waals surface area contributed by atoms with E-state index >= 15 is 0 Å². The number of carbonyl (C=O) groups excluding carboxylic acids is 1. The van der Waals surface area contributed by atoms with E-state index in [4.69, 9.17) is 27.9 Å². The summed E-state index contributed by atoms with van der Waals surface area (Å²) in [4.78, 5) is 12.0. The molecule has 1 aliphatic heterocycles. The quantitative estimate of drug-likeness (QED) is 0.886. The van der Waals surface area contributed by atoms with Gasteiger partial charge in [-0.05, 0) is 32.0 Å². The standard InChI is InChI=1S/C13H16Cl2N2O2.ClH/c1-8(13(18)17-9-5-6-16-7-9)19-11-4-2-3-10(14)12(11)15;/h2-4,8-9,16H,5-7H2,1H3,(H,17,18);1H. The van der Waals surface area contributed by atoms with Gasteiger partial charge in [0.25, 0.3) is 5.91 Å². The molecule has 1 aliphatic rings. The third-order valence-electron chi connectivity index (χ3n) is 3.00. The van der Waals surface area contributed by atoms with Crippen LogP contribution in [0.15, 0.2) is 18.2 Å². The second kappa shape index (κ2) is 7.93. The predicted octanol–water partition coefficient (Wildman–Crippen LogP) is 2.66. The average Bonchev–Trinajstić information content (AvgIpc) is 2.87. The molecule has 112 valence electrons. The van der Waals surface area contributed by atoms with Crippen LogP contribution in [0.3, 0.4) is 0 Å². The van der Waals surface area contributed by atoms with Crippen molar-refractivity contribution in [3.8, 4) is 5.75 Å². The van der Waals surface area contributed by atoms with Crippen molar-refractivity contribution in [1.29, 1.82) is 0 Å². The van der Waals surface area contributed by atoms with Gasteiger partial charge in [0.1, 0.15) is 10.8 Å². The molecule has 0 aromatic heterocycles. The molecule has 1 fully saturated rings. The lowest BCUT2D eigenvalue weighted by atomic mass is 10.2. The Morgan fingerprint density at radius 3 is 2.90 bits per heavy atom. The lowest BCUT2D eigenvalue weighted by molar-refractivity contribution is -0.127. The molecule has 7 heteroatoms. The van der Waals surface area contributed by atoms with E-state index in [0.29, 0.717) is 15.8 Å². The Kier molecular flexibility index (Phi) is 6.89. The third-order valence-corrected chi connectivity index (χ3v) is 3.80. The van der Waals surface area contributed by atoms with E-state index in [1.54, 1.807) is 25.1 Å². The van der Waals surface area contributed by atoms with Gasteiger partial charge in [0.15, 0.2) is 6.10 Å². The Hall–Kier alpha value is -0.680. The highest BCUT2D eigenvalue weighted by Gasteiger charge is 2.22. The molecule has 1 aromatic carbocycles. The Labute approximate surface area is 134 Å². The number of rotatable bonds is 4. The van der Waals surface area contributed by atoms with E-state index in [2.05, 4.69) is 10.6 Å². The summed E-state index contributed by atoms with van der Waals surface area (Å²) in [5, 5.41) is 6.85. The molecule has 0 radical (unpaired) electrons. The summed E-state index contributed by atoms with van der Waals surface area (Å²) in [6, 6.07) is 5.27. The summed E-state index contributed by atoms with van der Waals surface area (Å²) >= 11 is 11.9. The fourth-order valence-corrected chi connectivity index (χ4v) is 2.25. The summed E-state index contributed by atoms with van der Waals surface area (Å²) in [7, 11) is 0. The molecular formula is C13H17Cl3N2O2. The Morgan fingerprint density at radius 2 is 2.25 bits per heavy atom. The monoisotopic (exact) mass is 338 g/mol. The van der Waals surface area contributed by atoms with Crippen molar-refractivity contribution in [2.75, 3.05) is 13.1 Å². The van der Waals surface area contributed by atoms with Crippen molar-refractivity contribution in [3.05, 3.63) is 28.2 Å². The molecule has 2 N–H and O–H groups in total. The summed E-state index contributed by atoms with van der Waals surface area (Å²) < 4.78 is 5.55. The highest BCUT2D eigenvalue weighted by molar-refractivity contribution is 6.42. The molecule has 1 heterocycles. The molecule has 1 aromatic rings. The second-order valence-electron chi connectivity index (χ2n) is 4.51. The minimum Gasteiger partial charge on any atom is -0.479 e. The van der Waals surface area contributed by atoms with Crippen LogP contribution >= 0.6 is 35.6 Å². The van der Waals surface area contributed by atoms with Crippen molar-refractivity contribution in [2.45, 2.75) is 25.5 Å². The number of hydrogen-bond acceptors (Lipinski definition) is 3. The molecule has 0 spiro atoms. The first kappa shape index (κ1) is 17.4. The number of amides is 1. The number of hydrogen-bond donors (Lipinski definition) is 2. The lowest BCUT2D eigenvalue weighted by Gasteiger charge is -2.18. The molecule has 0 bridgehead atoms. The van der Waals surface area contributed by atoms with Gasteiger partial charge in [0, 0.05) is 12.6 Å². The highest BCUT2D eigenvalue weighted by atomic mass is 35.5. The largest absolute Gasteiger partial charge is 0.479 e. The van der Waals surface area contributed by atoms with E-state index in [9.17, 15) is 4.79 Å². The van der Waals surface area contributed by atoms with Crippen molar-refractivity contribution in [2.24, 2.45) is 0 Å². The van der Waals surface area contributed by atoms with Gasteiger partial charge in [0.05, 0.1) is 5.02 Å². The average molecular weight is 340 g/mol. The zero-order chi connectivity index (χ0) is 13.8. The topological polar surface area (TPSA) is 50.4 Å². The molecule has 2 rings (SSSR count). The highest BCUT2D eigenvalue weighted by Crippen LogP contribution is 2.32. The molecule has 2 unspecified atom stereocenters. The fraction of sp³-hybridized carbons (Fsp3) is 0.462. The van der Waals surface area contributed by atoms with Crippen molar-refractivity contribution in [3.63, 3.8) is 0 Å². The van der Waals surface area contributed by atoms with Crippen LogP contribution in [0.25, 0.3) is 0 Å². The van der Waals surface area contributed by atoms with Crippen LogP contribution in [0.4, 0.5) is 0 Å². The molecular weight excluding hydrogens is 323 g/mol. The molecule has 4 nitrogen and oxygen atoms in total. The molecule has 1 amide bonds. The van der Waals surface area contributed by atoms with Crippen molar-refractivity contribution < 1.29 is 9.53 Å². The summed E-state index contributed by atoms with van der Waals surface area (Å²) in [5.41, 5.74) is 0. The van der Waals surface area contributed by atoms with Crippen LogP contribution in [0.2, 0.25) is 10.0 Å². The maximum atomic E-state index is 12.0. The zero-order valence-corrected chi connectivity index (χ0v) is 13.3. The Bertz CT molecular complexity index is 465. The summed E-state index contributed by atoms with van der Waals surface area (Å²) in [6.07, 6.45) is 0.327. The fourth-order valence-electron chi connectivity index (χ4n) is 1.92. The van der Waals surface area contributed by atoms with E-state index in [-0.39, 0.29) is 24.4 Å². The van der Waals surface area contributed by atoms with Gasteiger partial charge >= 0.3 is 0 Å². The normalized spacial score (nSPS) is 19.1. The van der Waals surface area contributed by atoms with E-state index in [0.717, 1.165) is 19.5 Å². The SMILES string of the molecule is CC(Oc1cccc(Cl)c1Cl)C(=O)NC1CCNC1.Cl. The summed E-state index contributed by atoms with van der Waals surface area (Å²) in [5.74, 6) is 0.270. The van der Waals surface area contributed by atoms with E-state index < -0.39 is 6.10 Å². The Balaban J connectivity index is 0.00000200. The van der Waals surface area contributed by atoms with Crippen LogP contribution in [0, 0.1) is 0 Å². The summed E-state index contributed by atoms with van der Waals surface area (Å²) in [6.45, 7) is 3.42. The lowest BCUT2D eigenvalue weighted by Crippen LogP contribution is -2.43. The van der Waals surface area contributed by atoms with Gasteiger partial charge in [-0.25, -0.2) is 0 Å². The number of ether oxygens (including phenoxy) is 1. The molecule has 20 heavy (non-hydrogen) atoms. The zero-order valence-electron chi connectivity index (χ0n) is 11.0. The maximum absolute atomic E-state index is 12.0. The number of carbonyl (C=O) groups is 1. The van der Waals surface area contributed by atoms with Gasteiger partial charge in [-0.15, -0.1) is 12.4 Å². The maximum Gasteiger partial charge on any atom is 0.261 e. The Morgan fingerprint density at radius 1 is 1.50 bits per heavy atom. The van der Waals surface area contributed by atoms with Gasteiger partial charge in [0.2, 0.25) is 0 Å². The van der Waals surface area contributed by atoms with Gasteiger partial charge in [-0.1, -0.05) is 29.3 Å². The first-order valence-corrected chi connectivity index (χ1v) is 6.95. The van der Waals surface area contributed by atoms with Crippen LogP contribution in [0.5, 0.6) is 5.75 Å². The van der Waals surface area contributed by atoms with Crippen LogP contribution in [-0.2, 0) is 4.79 Å². The van der Waals surface area contributed by atoms with Gasteiger partial charge < -0.3 is 15.4 Å². The van der Waals surface area contributed by atoms with E-state index in [1.807, 2.05) is 0 Å². The first-order chi connectivity index (χ1) is 9.08. The minimum absolute atomic E-state index is 0. The number of halogens is 3. The first-order valence-electron chi connectivity index (χ1n) is 6.19. The molecule has 1 saturated heterocycles. The third kappa shape index (κ3) is 4.42. The van der Waals surface area contributed by atoms with Crippen molar-refractivity contribution >= 4 is 41.5 Å². The van der Waals surface area contributed by atoms with Gasteiger partial charge in [-0.3, -0.25) is 4.79 Å². The number of benzene rings is 1. The molecule has 0 saturated carbocycles. The molecule has 0 aliphatic carbocycles. The number of nitrogens with one attached hydrogen (secondary N) is 2. The van der Waals surface area contributed by atoms with Crippen LogP contribution < -0.4 is 15.4 Å². The second-order valence-corrected chi connectivity index (χ2v) is 5.30. The predicted molar refractivity (Wildman–Crippen MR) is 83.2 cm³/mol. The van der Waals surface area contributed by atoms with Crippen LogP contribution in [-0.4, -0.2) is 31.1 Å². The molecule has 2 atom stereocenters. The van der Waals surface area contributed by atoms with Gasteiger partial charge in [-0.2, -0.15) is 0 Å². The minimum atomic E-state index is -0.614. The van der Waals surface area contributed by atoms with E-state index in [1.165, 1.54) is 0 Å².